The van der Waals surface area contributed by atoms with Crippen molar-refractivity contribution in [1.82, 2.24) is 5.32 Å². The smallest absolute Gasteiger partial charge is 0.0802 e. The zero-order valence-corrected chi connectivity index (χ0v) is 11.3. The highest BCUT2D eigenvalue weighted by Gasteiger charge is 2.37. The molecule has 1 heterocycles. The van der Waals surface area contributed by atoms with Crippen molar-refractivity contribution in [2.75, 3.05) is 20.3 Å². The van der Waals surface area contributed by atoms with Crippen LogP contribution >= 0.6 is 0 Å². The molecule has 100 valence electrons. The molecule has 3 nitrogen and oxygen atoms in total. The summed E-state index contributed by atoms with van der Waals surface area (Å²) in [5, 5.41) is 3.70. The van der Waals surface area contributed by atoms with E-state index in [2.05, 4.69) is 12.2 Å². The van der Waals surface area contributed by atoms with Gasteiger partial charge in [0.25, 0.3) is 0 Å². The van der Waals surface area contributed by atoms with Gasteiger partial charge < -0.3 is 14.8 Å². The first-order chi connectivity index (χ1) is 8.28. The average Bonchev–Trinajstić information content (AvgIpc) is 2.29. The molecule has 3 heteroatoms. The van der Waals surface area contributed by atoms with Crippen molar-refractivity contribution in [1.29, 1.82) is 0 Å². The summed E-state index contributed by atoms with van der Waals surface area (Å²) in [7, 11) is 1.85. The van der Waals surface area contributed by atoms with Gasteiger partial charge in [-0.3, -0.25) is 0 Å². The molecule has 0 amide bonds. The van der Waals surface area contributed by atoms with E-state index in [0.717, 1.165) is 19.6 Å². The van der Waals surface area contributed by atoms with Crippen LogP contribution in [-0.2, 0) is 9.47 Å². The van der Waals surface area contributed by atoms with Gasteiger partial charge in [-0.15, -0.1) is 0 Å². The lowest BCUT2D eigenvalue weighted by molar-refractivity contribution is -0.0753. The van der Waals surface area contributed by atoms with E-state index in [1.807, 2.05) is 7.11 Å². The van der Waals surface area contributed by atoms with Gasteiger partial charge in [0.05, 0.1) is 11.7 Å². The Labute approximate surface area is 105 Å². The van der Waals surface area contributed by atoms with Crippen LogP contribution in [0.2, 0.25) is 0 Å². The van der Waals surface area contributed by atoms with E-state index in [1.54, 1.807) is 0 Å². The van der Waals surface area contributed by atoms with E-state index in [1.165, 1.54) is 38.5 Å². The zero-order chi connectivity index (χ0) is 12.1. The van der Waals surface area contributed by atoms with Crippen LogP contribution < -0.4 is 5.32 Å². The van der Waals surface area contributed by atoms with E-state index >= 15 is 0 Å². The summed E-state index contributed by atoms with van der Waals surface area (Å²) in [4.78, 5) is 0. The van der Waals surface area contributed by atoms with Crippen molar-refractivity contribution < 1.29 is 9.47 Å². The number of hydrogen-bond acceptors (Lipinski definition) is 3. The maximum absolute atomic E-state index is 5.78. The summed E-state index contributed by atoms with van der Waals surface area (Å²) in [5.41, 5.74) is 0.151. The molecule has 1 aliphatic carbocycles. The molecule has 17 heavy (non-hydrogen) atoms. The van der Waals surface area contributed by atoms with Crippen molar-refractivity contribution in [3.63, 3.8) is 0 Å². The minimum atomic E-state index is 0.151. The Kier molecular flexibility index (Phi) is 4.83. The van der Waals surface area contributed by atoms with Gasteiger partial charge in [0, 0.05) is 26.3 Å². The van der Waals surface area contributed by atoms with Crippen molar-refractivity contribution in [3.05, 3.63) is 0 Å². The lowest BCUT2D eigenvalue weighted by Gasteiger charge is -2.42. The maximum atomic E-state index is 5.78. The summed E-state index contributed by atoms with van der Waals surface area (Å²) >= 11 is 0. The molecule has 1 saturated carbocycles. The Morgan fingerprint density at radius 1 is 1.41 bits per heavy atom. The second-order valence-electron chi connectivity index (χ2n) is 5.62. The Morgan fingerprint density at radius 2 is 2.24 bits per heavy atom. The van der Waals surface area contributed by atoms with Crippen LogP contribution in [0.5, 0.6) is 0 Å². The van der Waals surface area contributed by atoms with Gasteiger partial charge in [-0.1, -0.05) is 13.3 Å². The highest BCUT2D eigenvalue weighted by atomic mass is 16.5. The molecule has 0 radical (unpaired) electrons. The Hall–Kier alpha value is -0.120. The highest BCUT2D eigenvalue weighted by molar-refractivity contribution is 4.92. The molecule has 1 saturated heterocycles. The van der Waals surface area contributed by atoms with E-state index < -0.39 is 0 Å². The fourth-order valence-corrected chi connectivity index (χ4v) is 2.94. The second-order valence-corrected chi connectivity index (χ2v) is 5.62. The summed E-state index contributed by atoms with van der Waals surface area (Å²) < 4.78 is 11.4. The first-order valence-electron chi connectivity index (χ1n) is 7.18. The van der Waals surface area contributed by atoms with E-state index in [9.17, 15) is 0 Å². The Bertz CT molecular complexity index is 221. The Balaban J connectivity index is 1.71. The number of ether oxygens (including phenoxy) is 2. The van der Waals surface area contributed by atoms with Crippen LogP contribution in [0, 0.1) is 0 Å². The third-order valence-electron chi connectivity index (χ3n) is 4.39. The van der Waals surface area contributed by atoms with E-state index in [0.29, 0.717) is 12.1 Å². The number of hydrogen-bond donors (Lipinski definition) is 1. The lowest BCUT2D eigenvalue weighted by Crippen LogP contribution is -2.51. The van der Waals surface area contributed by atoms with E-state index in [-0.39, 0.29) is 5.60 Å². The number of methoxy groups -OCH3 is 1. The van der Waals surface area contributed by atoms with Gasteiger partial charge in [-0.05, 0) is 38.5 Å². The quantitative estimate of drug-likeness (QED) is 0.775. The molecule has 0 aromatic heterocycles. The fraction of sp³-hybridized carbons (Fsp3) is 1.00. The van der Waals surface area contributed by atoms with Gasteiger partial charge in [-0.2, -0.15) is 0 Å². The predicted octanol–water partition coefficient (Wildman–Crippen LogP) is 2.49. The van der Waals surface area contributed by atoms with Gasteiger partial charge in [0.1, 0.15) is 0 Å². The van der Waals surface area contributed by atoms with Crippen LogP contribution in [0.1, 0.15) is 51.9 Å². The molecule has 2 unspecified atom stereocenters. The average molecular weight is 241 g/mol. The van der Waals surface area contributed by atoms with Crippen LogP contribution in [0.25, 0.3) is 0 Å². The summed E-state index contributed by atoms with van der Waals surface area (Å²) in [5.74, 6) is 0. The minimum absolute atomic E-state index is 0.151. The molecule has 1 aliphatic heterocycles. The van der Waals surface area contributed by atoms with Crippen LogP contribution in [0.4, 0.5) is 0 Å². The molecule has 2 atom stereocenters. The molecular weight excluding hydrogens is 214 g/mol. The third kappa shape index (κ3) is 3.43. The molecule has 0 aromatic carbocycles. The van der Waals surface area contributed by atoms with Gasteiger partial charge in [0.15, 0.2) is 0 Å². The third-order valence-corrected chi connectivity index (χ3v) is 4.39. The standard InChI is InChI=1S/C14H27NO2/c1-3-5-13-10-12(6-9-17-13)15-11-14(16-2)7-4-8-14/h12-13,15H,3-11H2,1-2H3. The largest absolute Gasteiger partial charge is 0.378 e. The monoisotopic (exact) mass is 241 g/mol. The minimum Gasteiger partial charge on any atom is -0.378 e. The van der Waals surface area contributed by atoms with Crippen LogP contribution in [-0.4, -0.2) is 38.0 Å². The first kappa shape index (κ1) is 13.3. The topological polar surface area (TPSA) is 30.5 Å². The maximum Gasteiger partial charge on any atom is 0.0802 e. The van der Waals surface area contributed by atoms with Crippen molar-refractivity contribution in [2.24, 2.45) is 0 Å². The van der Waals surface area contributed by atoms with Gasteiger partial charge in [-0.25, -0.2) is 0 Å². The summed E-state index contributed by atoms with van der Waals surface area (Å²) in [6.07, 6.45) is 8.99. The molecule has 1 N–H and O–H groups in total. The second kappa shape index (κ2) is 6.17. The molecule has 2 rings (SSSR count). The number of nitrogens with one attached hydrogen (secondary N) is 1. The molecule has 2 fully saturated rings. The van der Waals surface area contributed by atoms with Crippen LogP contribution in [0.15, 0.2) is 0 Å². The van der Waals surface area contributed by atoms with Crippen LogP contribution in [0.3, 0.4) is 0 Å². The normalized spacial score (nSPS) is 32.1. The molecular formula is C14H27NO2. The number of rotatable bonds is 6. The van der Waals surface area contributed by atoms with Gasteiger partial charge in [0.2, 0.25) is 0 Å². The molecule has 0 aromatic rings. The van der Waals surface area contributed by atoms with Crippen molar-refractivity contribution >= 4 is 0 Å². The van der Waals surface area contributed by atoms with Crippen molar-refractivity contribution in [3.8, 4) is 0 Å². The van der Waals surface area contributed by atoms with E-state index in [4.69, 9.17) is 9.47 Å². The Morgan fingerprint density at radius 3 is 2.82 bits per heavy atom. The highest BCUT2D eigenvalue weighted by Crippen LogP contribution is 2.34. The molecule has 2 aliphatic rings. The fourth-order valence-electron chi connectivity index (χ4n) is 2.94. The summed E-state index contributed by atoms with van der Waals surface area (Å²) in [6, 6.07) is 0.632. The lowest BCUT2D eigenvalue weighted by atomic mass is 9.79. The zero-order valence-electron chi connectivity index (χ0n) is 11.3. The van der Waals surface area contributed by atoms with Gasteiger partial charge >= 0.3 is 0 Å². The predicted molar refractivity (Wildman–Crippen MR) is 69.3 cm³/mol. The molecule has 0 bridgehead atoms. The van der Waals surface area contributed by atoms with Crippen molar-refractivity contribution in [2.45, 2.75) is 69.6 Å². The summed E-state index contributed by atoms with van der Waals surface area (Å²) in [6.45, 7) is 4.17. The molecule has 0 spiro atoms. The SMILES string of the molecule is CCCC1CC(NCC2(OC)CCC2)CCO1. The first-order valence-corrected chi connectivity index (χ1v) is 7.18.